The first kappa shape index (κ1) is 20.9. The topological polar surface area (TPSA) is 56.4 Å². The smallest absolute Gasteiger partial charge is 0.243 e. The molecule has 1 aliphatic heterocycles. The van der Waals surface area contributed by atoms with Gasteiger partial charge in [0.15, 0.2) is 6.23 Å². The van der Waals surface area contributed by atoms with Gasteiger partial charge in [-0.1, -0.05) is 0 Å². The molecular formula is C23H22F2N2O4. The number of halogens is 2. The number of methoxy groups -OCH3 is 1. The van der Waals surface area contributed by atoms with Gasteiger partial charge in [0.1, 0.15) is 34.9 Å². The van der Waals surface area contributed by atoms with Crippen LogP contribution in [0.2, 0.25) is 0 Å². The van der Waals surface area contributed by atoms with E-state index in [0.29, 0.717) is 35.4 Å². The van der Waals surface area contributed by atoms with E-state index in [1.54, 1.807) is 37.6 Å². The molecule has 1 saturated heterocycles. The maximum Gasteiger partial charge on any atom is 0.243 e. The summed E-state index contributed by atoms with van der Waals surface area (Å²) in [6.07, 6.45) is 1.39. The summed E-state index contributed by atoms with van der Waals surface area (Å²) in [5.74, 6) is 1.47. The molecule has 2 heterocycles. The number of aromatic nitrogens is 1. The largest absolute Gasteiger partial charge is 0.497 e. The number of epoxide rings is 1. The fraction of sp³-hybridized carbons (Fsp3) is 0.261. The van der Waals surface area contributed by atoms with Crippen molar-refractivity contribution in [1.29, 1.82) is 0 Å². The van der Waals surface area contributed by atoms with Crippen LogP contribution in [0.5, 0.6) is 23.1 Å². The Labute approximate surface area is 178 Å². The van der Waals surface area contributed by atoms with Crippen molar-refractivity contribution in [2.75, 3.05) is 18.9 Å². The van der Waals surface area contributed by atoms with E-state index in [1.165, 1.54) is 24.3 Å². The van der Waals surface area contributed by atoms with Crippen LogP contribution in [-0.4, -0.2) is 31.3 Å². The van der Waals surface area contributed by atoms with Gasteiger partial charge in [0.05, 0.1) is 7.11 Å². The van der Waals surface area contributed by atoms with E-state index in [-0.39, 0.29) is 18.1 Å². The van der Waals surface area contributed by atoms with E-state index in [2.05, 4.69) is 4.98 Å². The maximum absolute atomic E-state index is 13.3. The van der Waals surface area contributed by atoms with Crippen LogP contribution in [-0.2, 0) is 11.3 Å². The van der Waals surface area contributed by atoms with Crippen molar-refractivity contribution in [3.8, 4) is 23.1 Å². The Balaban J connectivity index is 1.68. The van der Waals surface area contributed by atoms with Crippen LogP contribution in [0.25, 0.3) is 0 Å². The van der Waals surface area contributed by atoms with E-state index in [4.69, 9.17) is 18.9 Å². The number of hydrogen-bond acceptors (Lipinski definition) is 6. The lowest BCUT2D eigenvalue weighted by atomic mass is 10.1. The Morgan fingerprint density at radius 2 is 1.84 bits per heavy atom. The zero-order chi connectivity index (χ0) is 21.8. The standard InChI is InChI=1S/C23H22F2N2O4/c1-15-23(30-15)27(13-16-12-19(28-2)9-10-21(16)29-14-24)20-4-3-11-26-22(20)31-18-7-5-17(25)6-8-18/h3-12,15,23H,13-14H2,1-2H3. The minimum absolute atomic E-state index is 0.00460. The molecule has 0 aliphatic carbocycles. The van der Waals surface area contributed by atoms with Gasteiger partial charge in [-0.3, -0.25) is 0 Å². The lowest BCUT2D eigenvalue weighted by Crippen LogP contribution is -2.28. The summed E-state index contributed by atoms with van der Waals surface area (Å²) >= 11 is 0. The Morgan fingerprint density at radius 3 is 2.52 bits per heavy atom. The maximum atomic E-state index is 13.3. The van der Waals surface area contributed by atoms with Gasteiger partial charge in [-0.15, -0.1) is 0 Å². The highest BCUT2D eigenvalue weighted by Crippen LogP contribution is 2.39. The third kappa shape index (κ3) is 4.86. The number of benzene rings is 2. The average molecular weight is 428 g/mol. The Hall–Kier alpha value is -3.39. The van der Waals surface area contributed by atoms with Gasteiger partial charge >= 0.3 is 0 Å². The van der Waals surface area contributed by atoms with Crippen LogP contribution in [0.4, 0.5) is 14.5 Å². The number of ether oxygens (including phenoxy) is 4. The van der Waals surface area contributed by atoms with Crippen LogP contribution in [0, 0.1) is 5.82 Å². The summed E-state index contributed by atoms with van der Waals surface area (Å²) in [4.78, 5) is 6.33. The molecular weight excluding hydrogens is 406 g/mol. The van der Waals surface area contributed by atoms with Crippen molar-refractivity contribution in [3.63, 3.8) is 0 Å². The second kappa shape index (κ2) is 9.18. The van der Waals surface area contributed by atoms with Crippen LogP contribution >= 0.6 is 0 Å². The molecule has 0 N–H and O–H groups in total. The Bertz CT molecular complexity index is 1030. The molecule has 2 unspecified atom stereocenters. The van der Waals surface area contributed by atoms with Gasteiger partial charge in [0.25, 0.3) is 0 Å². The first-order valence-corrected chi connectivity index (χ1v) is 9.75. The Kier molecular flexibility index (Phi) is 6.18. The average Bonchev–Trinajstić information content (AvgIpc) is 3.51. The van der Waals surface area contributed by atoms with E-state index >= 15 is 0 Å². The molecule has 1 fully saturated rings. The van der Waals surface area contributed by atoms with Crippen LogP contribution in [0.1, 0.15) is 12.5 Å². The highest BCUT2D eigenvalue weighted by Gasteiger charge is 2.41. The predicted molar refractivity (Wildman–Crippen MR) is 111 cm³/mol. The van der Waals surface area contributed by atoms with E-state index in [1.807, 2.05) is 17.9 Å². The van der Waals surface area contributed by atoms with Crippen molar-refractivity contribution in [3.05, 3.63) is 72.2 Å². The third-order valence-corrected chi connectivity index (χ3v) is 4.89. The van der Waals surface area contributed by atoms with Gasteiger partial charge < -0.3 is 23.8 Å². The lowest BCUT2D eigenvalue weighted by molar-refractivity contribution is 0.189. The zero-order valence-corrected chi connectivity index (χ0v) is 17.1. The normalized spacial score (nSPS) is 17.2. The fourth-order valence-corrected chi connectivity index (χ4v) is 3.30. The second-order valence-corrected chi connectivity index (χ2v) is 6.97. The minimum Gasteiger partial charge on any atom is -0.497 e. The van der Waals surface area contributed by atoms with Crippen molar-refractivity contribution in [2.24, 2.45) is 0 Å². The van der Waals surface area contributed by atoms with Gasteiger partial charge in [-0.05, 0) is 61.5 Å². The summed E-state index contributed by atoms with van der Waals surface area (Å²) in [5.41, 5.74) is 1.39. The fourth-order valence-electron chi connectivity index (χ4n) is 3.30. The van der Waals surface area contributed by atoms with Crippen LogP contribution in [0.15, 0.2) is 60.8 Å². The molecule has 0 radical (unpaired) electrons. The lowest BCUT2D eigenvalue weighted by Gasteiger charge is -2.25. The molecule has 0 amide bonds. The monoisotopic (exact) mass is 428 g/mol. The molecule has 2 atom stereocenters. The number of alkyl halides is 1. The molecule has 6 nitrogen and oxygen atoms in total. The summed E-state index contributed by atoms with van der Waals surface area (Å²) in [6, 6.07) is 14.5. The highest BCUT2D eigenvalue weighted by molar-refractivity contribution is 5.58. The van der Waals surface area contributed by atoms with Crippen molar-refractivity contribution in [1.82, 2.24) is 4.98 Å². The van der Waals surface area contributed by atoms with Gasteiger partial charge in [0.2, 0.25) is 12.7 Å². The molecule has 0 spiro atoms. The molecule has 8 heteroatoms. The number of hydrogen-bond donors (Lipinski definition) is 0. The molecule has 0 bridgehead atoms. The predicted octanol–water partition coefficient (Wildman–Crippen LogP) is 5.08. The molecule has 162 valence electrons. The summed E-state index contributed by atoms with van der Waals surface area (Å²) in [7, 11) is 1.56. The second-order valence-electron chi connectivity index (χ2n) is 6.97. The SMILES string of the molecule is COc1ccc(OCF)c(CN(c2cccnc2Oc2ccc(F)cc2)C2OC2C)c1. The molecule has 1 aromatic heterocycles. The Morgan fingerprint density at radius 1 is 1.10 bits per heavy atom. The number of pyridine rings is 1. The van der Waals surface area contributed by atoms with Gasteiger partial charge in [0, 0.05) is 18.3 Å². The van der Waals surface area contributed by atoms with E-state index in [9.17, 15) is 8.78 Å². The summed E-state index contributed by atoms with van der Waals surface area (Å²) in [5, 5.41) is 0. The molecule has 2 aromatic carbocycles. The van der Waals surface area contributed by atoms with Gasteiger partial charge in [-0.25, -0.2) is 13.8 Å². The van der Waals surface area contributed by atoms with Gasteiger partial charge in [-0.2, -0.15) is 0 Å². The summed E-state index contributed by atoms with van der Waals surface area (Å²) < 4.78 is 48.3. The highest BCUT2D eigenvalue weighted by atomic mass is 19.1. The molecule has 31 heavy (non-hydrogen) atoms. The molecule has 3 aromatic rings. The molecule has 1 aliphatic rings. The number of anilines is 1. The number of rotatable bonds is 9. The van der Waals surface area contributed by atoms with Crippen LogP contribution < -0.4 is 19.1 Å². The molecule has 4 rings (SSSR count). The van der Waals surface area contributed by atoms with Crippen molar-refractivity contribution >= 4 is 5.69 Å². The van der Waals surface area contributed by atoms with Crippen molar-refractivity contribution in [2.45, 2.75) is 25.8 Å². The van der Waals surface area contributed by atoms with Crippen molar-refractivity contribution < 1.29 is 27.7 Å². The summed E-state index contributed by atoms with van der Waals surface area (Å²) in [6.45, 7) is 1.35. The first-order valence-electron chi connectivity index (χ1n) is 9.75. The van der Waals surface area contributed by atoms with Crippen LogP contribution in [0.3, 0.4) is 0 Å². The van der Waals surface area contributed by atoms with E-state index in [0.717, 1.165) is 5.56 Å². The molecule has 0 saturated carbocycles. The van der Waals surface area contributed by atoms with E-state index < -0.39 is 6.86 Å². The minimum atomic E-state index is -0.943. The number of nitrogens with zero attached hydrogens (tertiary/aromatic N) is 2. The first-order chi connectivity index (χ1) is 15.1. The quantitative estimate of drug-likeness (QED) is 0.443. The zero-order valence-electron chi connectivity index (χ0n) is 17.1. The third-order valence-electron chi connectivity index (χ3n) is 4.89.